The summed E-state index contributed by atoms with van der Waals surface area (Å²) in [5.41, 5.74) is 0. The van der Waals surface area contributed by atoms with Crippen LogP contribution in [0.25, 0.3) is 0 Å². The van der Waals surface area contributed by atoms with Crippen LogP contribution in [0, 0.1) is 5.92 Å². The van der Waals surface area contributed by atoms with Gasteiger partial charge in [0, 0.05) is 19.6 Å². The molecule has 1 unspecified atom stereocenters. The van der Waals surface area contributed by atoms with Crippen molar-refractivity contribution >= 4 is 0 Å². The lowest BCUT2D eigenvalue weighted by Crippen LogP contribution is -2.39. The Kier molecular flexibility index (Phi) is 7.09. The second-order valence-electron chi connectivity index (χ2n) is 5.72. The van der Waals surface area contributed by atoms with Gasteiger partial charge in [-0.25, -0.2) is 0 Å². The van der Waals surface area contributed by atoms with E-state index in [0.717, 1.165) is 25.4 Å². The zero-order chi connectivity index (χ0) is 12.7. The molecule has 17 heavy (non-hydrogen) atoms. The summed E-state index contributed by atoms with van der Waals surface area (Å²) in [4.78, 5) is 2.39. The first kappa shape index (κ1) is 14.9. The van der Waals surface area contributed by atoms with Crippen LogP contribution in [0.5, 0.6) is 0 Å². The van der Waals surface area contributed by atoms with Crippen molar-refractivity contribution in [3.05, 3.63) is 0 Å². The third-order valence-corrected chi connectivity index (χ3v) is 3.43. The molecule has 3 heteroatoms. The molecule has 1 aliphatic heterocycles. The van der Waals surface area contributed by atoms with E-state index in [2.05, 4.69) is 38.0 Å². The first-order chi connectivity index (χ1) is 8.11. The Balaban J connectivity index is 2.17. The van der Waals surface area contributed by atoms with E-state index >= 15 is 0 Å². The van der Waals surface area contributed by atoms with Gasteiger partial charge >= 0.3 is 0 Å². The van der Waals surface area contributed by atoms with Crippen LogP contribution in [0.2, 0.25) is 0 Å². The van der Waals surface area contributed by atoms with Gasteiger partial charge in [-0.2, -0.15) is 0 Å². The van der Waals surface area contributed by atoms with Crippen molar-refractivity contribution in [2.75, 3.05) is 33.2 Å². The summed E-state index contributed by atoms with van der Waals surface area (Å²) in [5, 5.41) is 3.50. The summed E-state index contributed by atoms with van der Waals surface area (Å²) in [5.74, 6) is 0.718. The van der Waals surface area contributed by atoms with E-state index in [4.69, 9.17) is 4.74 Å². The van der Waals surface area contributed by atoms with Gasteiger partial charge in [-0.3, -0.25) is 0 Å². The summed E-state index contributed by atoms with van der Waals surface area (Å²) >= 11 is 0. The average Bonchev–Trinajstić information content (AvgIpc) is 2.30. The van der Waals surface area contributed by atoms with Crippen molar-refractivity contribution in [3.63, 3.8) is 0 Å². The van der Waals surface area contributed by atoms with Crippen LogP contribution in [-0.2, 0) is 4.74 Å². The maximum absolute atomic E-state index is 6.18. The molecular formula is C14H30N2O. The van der Waals surface area contributed by atoms with Gasteiger partial charge in [0.15, 0.2) is 0 Å². The summed E-state index contributed by atoms with van der Waals surface area (Å²) in [7, 11) is 2.19. The third-order valence-electron chi connectivity index (χ3n) is 3.43. The van der Waals surface area contributed by atoms with Crippen molar-refractivity contribution in [1.29, 1.82) is 0 Å². The molecule has 0 saturated carbocycles. The van der Waals surface area contributed by atoms with Crippen molar-refractivity contribution in [3.8, 4) is 0 Å². The van der Waals surface area contributed by atoms with Crippen LogP contribution >= 0.6 is 0 Å². The van der Waals surface area contributed by atoms with Crippen molar-refractivity contribution in [2.24, 2.45) is 5.92 Å². The van der Waals surface area contributed by atoms with Gasteiger partial charge in [0.05, 0.1) is 12.2 Å². The maximum atomic E-state index is 6.18. The predicted octanol–water partition coefficient (Wildman–Crippen LogP) is 2.12. The molecule has 0 bridgehead atoms. The van der Waals surface area contributed by atoms with E-state index < -0.39 is 0 Å². The molecule has 0 aliphatic carbocycles. The van der Waals surface area contributed by atoms with E-state index in [9.17, 15) is 0 Å². The minimum absolute atomic E-state index is 0.391. The molecule has 1 heterocycles. The number of rotatable bonds is 7. The fourth-order valence-electron chi connectivity index (χ4n) is 2.21. The third kappa shape index (κ3) is 6.39. The van der Waals surface area contributed by atoms with Gasteiger partial charge in [0.1, 0.15) is 0 Å². The van der Waals surface area contributed by atoms with Gasteiger partial charge in [-0.05, 0) is 38.8 Å². The molecule has 1 saturated heterocycles. The van der Waals surface area contributed by atoms with E-state index in [1.54, 1.807) is 0 Å². The fraction of sp³-hybridized carbons (Fsp3) is 1.00. The second-order valence-corrected chi connectivity index (χ2v) is 5.72. The summed E-state index contributed by atoms with van der Waals surface area (Å²) < 4.78 is 6.18. The molecule has 1 rings (SSSR count). The zero-order valence-electron chi connectivity index (χ0n) is 12.0. The van der Waals surface area contributed by atoms with Crippen LogP contribution in [-0.4, -0.2) is 50.3 Å². The molecule has 1 atom stereocenters. The van der Waals surface area contributed by atoms with Gasteiger partial charge in [0.2, 0.25) is 0 Å². The Bertz CT molecular complexity index is 189. The standard InChI is InChI=1S/C14H30N2O/c1-5-13(11-15-10-12(2)3)17-14-6-8-16(4)9-7-14/h12-15H,5-11H2,1-4H3. The van der Waals surface area contributed by atoms with Crippen LogP contribution in [0.4, 0.5) is 0 Å². The number of ether oxygens (including phenoxy) is 1. The molecule has 3 nitrogen and oxygen atoms in total. The molecule has 0 aromatic carbocycles. The summed E-state index contributed by atoms with van der Waals surface area (Å²) in [6.45, 7) is 11.2. The fourth-order valence-corrected chi connectivity index (χ4v) is 2.21. The van der Waals surface area contributed by atoms with E-state index in [1.165, 1.54) is 25.9 Å². The molecule has 0 radical (unpaired) electrons. The normalized spacial score (nSPS) is 21.0. The van der Waals surface area contributed by atoms with Gasteiger partial charge in [0.25, 0.3) is 0 Å². The highest BCUT2D eigenvalue weighted by atomic mass is 16.5. The van der Waals surface area contributed by atoms with Crippen molar-refractivity contribution in [1.82, 2.24) is 10.2 Å². The number of hydrogen-bond acceptors (Lipinski definition) is 3. The SMILES string of the molecule is CCC(CNCC(C)C)OC1CCN(C)CC1. The first-order valence-corrected chi connectivity index (χ1v) is 7.16. The highest BCUT2D eigenvalue weighted by Gasteiger charge is 2.20. The highest BCUT2D eigenvalue weighted by molar-refractivity contribution is 4.72. The molecule has 0 amide bonds. The Labute approximate surface area is 107 Å². The van der Waals surface area contributed by atoms with Crippen LogP contribution in [0.1, 0.15) is 40.0 Å². The van der Waals surface area contributed by atoms with E-state index in [1.807, 2.05) is 0 Å². The number of piperidine rings is 1. The minimum atomic E-state index is 0.391. The topological polar surface area (TPSA) is 24.5 Å². The van der Waals surface area contributed by atoms with E-state index in [-0.39, 0.29) is 0 Å². The molecular weight excluding hydrogens is 212 g/mol. The smallest absolute Gasteiger partial charge is 0.0700 e. The number of likely N-dealkylation sites (tertiary alicyclic amines) is 1. The lowest BCUT2D eigenvalue weighted by molar-refractivity contribution is -0.0399. The first-order valence-electron chi connectivity index (χ1n) is 7.16. The predicted molar refractivity (Wildman–Crippen MR) is 73.4 cm³/mol. The lowest BCUT2D eigenvalue weighted by atomic mass is 10.1. The molecule has 102 valence electrons. The monoisotopic (exact) mass is 242 g/mol. The van der Waals surface area contributed by atoms with Crippen molar-refractivity contribution in [2.45, 2.75) is 52.2 Å². The minimum Gasteiger partial charge on any atom is -0.374 e. The Hall–Kier alpha value is -0.120. The highest BCUT2D eigenvalue weighted by Crippen LogP contribution is 2.15. The summed E-state index contributed by atoms with van der Waals surface area (Å²) in [6, 6.07) is 0. The Morgan fingerprint density at radius 3 is 2.41 bits per heavy atom. The van der Waals surface area contributed by atoms with Gasteiger partial charge < -0.3 is 15.0 Å². The zero-order valence-corrected chi connectivity index (χ0v) is 12.0. The Morgan fingerprint density at radius 2 is 1.88 bits per heavy atom. The largest absolute Gasteiger partial charge is 0.374 e. The second kappa shape index (κ2) is 8.06. The van der Waals surface area contributed by atoms with Gasteiger partial charge in [-0.15, -0.1) is 0 Å². The summed E-state index contributed by atoms with van der Waals surface area (Å²) in [6.07, 6.45) is 4.37. The molecule has 1 N–H and O–H groups in total. The van der Waals surface area contributed by atoms with Gasteiger partial charge in [-0.1, -0.05) is 20.8 Å². The Morgan fingerprint density at radius 1 is 1.24 bits per heavy atom. The molecule has 0 aromatic rings. The average molecular weight is 242 g/mol. The van der Waals surface area contributed by atoms with Crippen LogP contribution < -0.4 is 5.32 Å². The molecule has 1 fully saturated rings. The lowest BCUT2D eigenvalue weighted by Gasteiger charge is -2.31. The van der Waals surface area contributed by atoms with Crippen LogP contribution in [0.3, 0.4) is 0 Å². The number of hydrogen-bond donors (Lipinski definition) is 1. The molecule has 1 aliphatic rings. The van der Waals surface area contributed by atoms with Crippen molar-refractivity contribution < 1.29 is 4.74 Å². The van der Waals surface area contributed by atoms with E-state index in [0.29, 0.717) is 12.2 Å². The quantitative estimate of drug-likeness (QED) is 0.740. The number of nitrogens with zero attached hydrogens (tertiary/aromatic N) is 1. The maximum Gasteiger partial charge on any atom is 0.0700 e. The number of nitrogens with one attached hydrogen (secondary N) is 1. The molecule has 0 aromatic heterocycles. The van der Waals surface area contributed by atoms with Crippen LogP contribution in [0.15, 0.2) is 0 Å². The molecule has 0 spiro atoms.